The summed E-state index contributed by atoms with van der Waals surface area (Å²) in [5.74, 6) is 1.54. The van der Waals surface area contributed by atoms with E-state index in [0.717, 1.165) is 17.5 Å². The van der Waals surface area contributed by atoms with E-state index in [1.807, 2.05) is 32.0 Å². The monoisotopic (exact) mass is 298 g/mol. The zero-order valence-electron chi connectivity index (χ0n) is 12.2. The summed E-state index contributed by atoms with van der Waals surface area (Å²) < 4.78 is 5.02. The summed E-state index contributed by atoms with van der Waals surface area (Å²) >= 11 is 0. The van der Waals surface area contributed by atoms with Crippen LogP contribution in [0.5, 0.6) is 5.75 Å². The van der Waals surface area contributed by atoms with Gasteiger partial charge in [0.05, 0.1) is 0 Å². The normalized spacial score (nSPS) is 14.0. The van der Waals surface area contributed by atoms with Crippen molar-refractivity contribution < 1.29 is 73.4 Å². The second-order valence-electron chi connectivity index (χ2n) is 4.95. The zero-order valence-corrected chi connectivity index (χ0v) is 17.1. The summed E-state index contributed by atoms with van der Waals surface area (Å²) in [6.45, 7) is 4.09. The summed E-state index contributed by atoms with van der Waals surface area (Å²) in [7, 11) is -2.84. The van der Waals surface area contributed by atoms with Crippen LogP contribution >= 0.6 is 8.60 Å². The van der Waals surface area contributed by atoms with Crippen LogP contribution in [0, 0.1) is 5.92 Å². The summed E-state index contributed by atoms with van der Waals surface area (Å²) in [6.07, 6.45) is 3.42. The molecule has 3 nitrogen and oxygen atoms in total. The SMILES string of the molecule is CC(C)c1cccc(CC2CC2)c1OP([O-])[O-].[Na+].[Na+]. The van der Waals surface area contributed by atoms with E-state index >= 15 is 0 Å². The van der Waals surface area contributed by atoms with Crippen molar-refractivity contribution in [3.63, 3.8) is 0 Å². The Balaban J connectivity index is 0.00000162. The molecule has 1 aliphatic carbocycles. The molecule has 1 fully saturated rings. The second kappa shape index (κ2) is 9.40. The van der Waals surface area contributed by atoms with Crippen molar-refractivity contribution in [2.75, 3.05) is 0 Å². The molecule has 0 bridgehead atoms. The Bertz CT molecular complexity index is 395. The Morgan fingerprint density at radius 1 is 1.26 bits per heavy atom. The van der Waals surface area contributed by atoms with Gasteiger partial charge in [0, 0.05) is 0 Å². The summed E-state index contributed by atoms with van der Waals surface area (Å²) in [5, 5.41) is 0. The summed E-state index contributed by atoms with van der Waals surface area (Å²) in [4.78, 5) is 21.6. The Kier molecular flexibility index (Phi) is 10.1. The Hall–Kier alpha value is 1.37. The first-order valence-corrected chi connectivity index (χ1v) is 7.11. The summed E-state index contributed by atoms with van der Waals surface area (Å²) in [5.41, 5.74) is 2.00. The Morgan fingerprint density at radius 3 is 2.37 bits per heavy atom. The maximum atomic E-state index is 10.8. The maximum absolute atomic E-state index is 10.8. The van der Waals surface area contributed by atoms with Crippen LogP contribution < -0.4 is 73.4 Å². The van der Waals surface area contributed by atoms with E-state index in [1.165, 1.54) is 12.8 Å². The topological polar surface area (TPSA) is 55.3 Å². The first-order chi connectivity index (χ1) is 8.08. The Morgan fingerprint density at radius 2 is 1.89 bits per heavy atom. The minimum absolute atomic E-state index is 0. The standard InChI is InChI=1S/C13H17O3P.2Na/c1-9(2)12-5-3-4-11(8-10-6-7-10)13(12)16-17(14)15;;/h3-5,9-10H,6-8H2,1-2H3;;/q-2;2*+1. The van der Waals surface area contributed by atoms with Crippen molar-refractivity contribution in [2.24, 2.45) is 5.92 Å². The molecule has 1 aliphatic rings. The minimum Gasteiger partial charge on any atom is -0.810 e. The van der Waals surface area contributed by atoms with Crippen LogP contribution in [0.2, 0.25) is 0 Å². The van der Waals surface area contributed by atoms with Gasteiger partial charge in [0.15, 0.2) is 0 Å². The number of hydrogen-bond acceptors (Lipinski definition) is 3. The molecule has 6 heteroatoms. The van der Waals surface area contributed by atoms with Gasteiger partial charge in [-0.05, 0) is 42.2 Å². The molecule has 94 valence electrons. The van der Waals surface area contributed by atoms with E-state index < -0.39 is 8.60 Å². The molecular formula is C13H17Na2O3P. The molecule has 1 aromatic rings. The summed E-state index contributed by atoms with van der Waals surface area (Å²) in [6, 6.07) is 5.89. The number of hydrogen-bond donors (Lipinski definition) is 0. The second-order valence-corrected chi connectivity index (χ2v) is 5.58. The molecular weight excluding hydrogens is 281 g/mol. The quantitative estimate of drug-likeness (QED) is 0.412. The van der Waals surface area contributed by atoms with Crippen molar-refractivity contribution in [3.05, 3.63) is 29.3 Å². The van der Waals surface area contributed by atoms with Crippen LogP contribution in [0.15, 0.2) is 18.2 Å². The third kappa shape index (κ3) is 6.34. The van der Waals surface area contributed by atoms with Crippen LogP contribution in [0.3, 0.4) is 0 Å². The van der Waals surface area contributed by atoms with Crippen LogP contribution in [-0.2, 0) is 6.42 Å². The molecule has 0 saturated heterocycles. The van der Waals surface area contributed by atoms with Crippen LogP contribution in [0.1, 0.15) is 43.7 Å². The molecule has 0 amide bonds. The van der Waals surface area contributed by atoms with Crippen molar-refractivity contribution in [1.29, 1.82) is 0 Å². The molecule has 19 heavy (non-hydrogen) atoms. The van der Waals surface area contributed by atoms with E-state index in [1.54, 1.807) is 0 Å². The minimum atomic E-state index is -2.84. The van der Waals surface area contributed by atoms with E-state index in [9.17, 15) is 9.79 Å². The van der Waals surface area contributed by atoms with Crippen molar-refractivity contribution in [1.82, 2.24) is 0 Å². The van der Waals surface area contributed by atoms with Gasteiger partial charge in [0.1, 0.15) is 5.75 Å². The molecule has 1 aromatic carbocycles. The molecule has 2 rings (SSSR count). The third-order valence-electron chi connectivity index (χ3n) is 3.12. The van der Waals surface area contributed by atoms with Gasteiger partial charge < -0.3 is 14.3 Å². The predicted octanol–water partition coefficient (Wildman–Crippen LogP) is -3.90. The predicted molar refractivity (Wildman–Crippen MR) is 64.5 cm³/mol. The largest absolute Gasteiger partial charge is 1.00 e. The van der Waals surface area contributed by atoms with E-state index in [4.69, 9.17) is 4.52 Å². The number of para-hydroxylation sites is 1. The van der Waals surface area contributed by atoms with Crippen LogP contribution in [-0.4, -0.2) is 0 Å². The average Bonchev–Trinajstić information content (AvgIpc) is 3.03. The van der Waals surface area contributed by atoms with Gasteiger partial charge in [-0.3, -0.25) is 0 Å². The molecule has 0 N–H and O–H groups in total. The van der Waals surface area contributed by atoms with Crippen LogP contribution in [0.25, 0.3) is 0 Å². The molecule has 0 unspecified atom stereocenters. The van der Waals surface area contributed by atoms with Crippen molar-refractivity contribution in [2.45, 2.75) is 39.0 Å². The van der Waals surface area contributed by atoms with Crippen molar-refractivity contribution in [3.8, 4) is 5.75 Å². The first kappa shape index (κ1) is 20.4. The smallest absolute Gasteiger partial charge is 0.810 e. The third-order valence-corrected chi connectivity index (χ3v) is 3.45. The fourth-order valence-corrected chi connectivity index (χ4v) is 2.41. The molecule has 0 heterocycles. The molecule has 0 radical (unpaired) electrons. The van der Waals surface area contributed by atoms with E-state index in [-0.39, 0.29) is 65.0 Å². The molecule has 0 atom stereocenters. The van der Waals surface area contributed by atoms with Crippen molar-refractivity contribution >= 4 is 8.60 Å². The van der Waals surface area contributed by atoms with Gasteiger partial charge in [0.2, 0.25) is 0 Å². The van der Waals surface area contributed by atoms with Gasteiger partial charge in [-0.2, -0.15) is 0 Å². The van der Waals surface area contributed by atoms with Gasteiger partial charge in [-0.25, -0.2) is 0 Å². The zero-order chi connectivity index (χ0) is 12.4. The van der Waals surface area contributed by atoms with Gasteiger partial charge in [-0.1, -0.05) is 40.6 Å². The maximum Gasteiger partial charge on any atom is 1.00 e. The fourth-order valence-electron chi connectivity index (χ4n) is 2.04. The number of rotatable bonds is 5. The average molecular weight is 298 g/mol. The van der Waals surface area contributed by atoms with Gasteiger partial charge in [0.25, 0.3) is 0 Å². The first-order valence-electron chi connectivity index (χ1n) is 6.02. The van der Waals surface area contributed by atoms with Gasteiger partial charge in [-0.15, -0.1) is 0 Å². The fraction of sp³-hybridized carbons (Fsp3) is 0.538. The number of benzene rings is 1. The molecule has 0 aromatic heterocycles. The molecule has 0 spiro atoms. The van der Waals surface area contributed by atoms with E-state index in [2.05, 4.69) is 0 Å². The Labute approximate surface area is 160 Å². The molecule has 0 aliphatic heterocycles. The van der Waals surface area contributed by atoms with Gasteiger partial charge >= 0.3 is 59.1 Å². The molecule has 1 saturated carbocycles. The van der Waals surface area contributed by atoms with Crippen LogP contribution in [0.4, 0.5) is 0 Å². The van der Waals surface area contributed by atoms with E-state index in [0.29, 0.717) is 11.7 Å².